The Morgan fingerprint density at radius 3 is 2.78 bits per heavy atom. The van der Waals surface area contributed by atoms with E-state index in [1.807, 2.05) is 14.0 Å². The second-order valence-electron chi connectivity index (χ2n) is 3.58. The molecule has 100 valence electrons. The van der Waals surface area contributed by atoms with Crippen LogP contribution >= 0.6 is 12.4 Å². The third kappa shape index (κ3) is 2.80. The van der Waals surface area contributed by atoms with Crippen LogP contribution in [0.5, 0.6) is 0 Å². The van der Waals surface area contributed by atoms with Gasteiger partial charge in [0.25, 0.3) is 0 Å². The number of fused-ring (bicyclic) bond motifs is 1. The molecule has 0 saturated carbocycles. The summed E-state index contributed by atoms with van der Waals surface area (Å²) in [4.78, 5) is 8.69. The lowest BCUT2D eigenvalue weighted by Crippen LogP contribution is -2.11. The highest BCUT2D eigenvalue weighted by Crippen LogP contribution is 2.20. The summed E-state index contributed by atoms with van der Waals surface area (Å²) in [6.45, 7) is 3.25. The van der Waals surface area contributed by atoms with Crippen LogP contribution < -0.4 is 10.6 Å². The van der Waals surface area contributed by atoms with Crippen LogP contribution in [0.25, 0.3) is 11.0 Å². The molecule has 0 bridgehead atoms. The minimum absolute atomic E-state index is 0. The largest absolute Gasteiger partial charge is 0.395 e. The fourth-order valence-corrected chi connectivity index (χ4v) is 1.57. The molecule has 7 nitrogen and oxygen atoms in total. The van der Waals surface area contributed by atoms with Crippen molar-refractivity contribution in [2.45, 2.75) is 6.92 Å². The van der Waals surface area contributed by atoms with Crippen LogP contribution in [0, 0.1) is 0 Å². The molecule has 0 radical (unpaired) electrons. The molecule has 0 saturated heterocycles. The number of rotatable bonds is 5. The van der Waals surface area contributed by atoms with E-state index in [0.717, 1.165) is 23.4 Å². The monoisotopic (exact) mass is 272 g/mol. The van der Waals surface area contributed by atoms with Gasteiger partial charge in [-0.25, -0.2) is 0 Å². The van der Waals surface area contributed by atoms with Crippen molar-refractivity contribution in [3.8, 4) is 0 Å². The molecule has 0 aliphatic carbocycles. The fourth-order valence-electron chi connectivity index (χ4n) is 1.57. The van der Waals surface area contributed by atoms with Crippen LogP contribution in [0.4, 0.5) is 11.8 Å². The van der Waals surface area contributed by atoms with Gasteiger partial charge in [0.1, 0.15) is 5.82 Å². The van der Waals surface area contributed by atoms with Crippen LogP contribution in [-0.4, -0.2) is 44.6 Å². The molecule has 0 spiro atoms. The molecule has 0 atom stereocenters. The van der Waals surface area contributed by atoms with Gasteiger partial charge in [-0.05, 0) is 6.92 Å². The zero-order valence-electron chi connectivity index (χ0n) is 10.3. The van der Waals surface area contributed by atoms with Crippen LogP contribution in [0.1, 0.15) is 6.92 Å². The average Bonchev–Trinajstić information content (AvgIpc) is 2.69. The van der Waals surface area contributed by atoms with E-state index in [1.165, 1.54) is 0 Å². The normalized spacial score (nSPS) is 10.2. The van der Waals surface area contributed by atoms with Crippen molar-refractivity contribution in [3.05, 3.63) is 6.20 Å². The first-order chi connectivity index (χ1) is 8.26. The van der Waals surface area contributed by atoms with Crippen molar-refractivity contribution < 1.29 is 5.11 Å². The Morgan fingerprint density at radius 1 is 1.33 bits per heavy atom. The Kier molecular flexibility index (Phi) is 5.11. The Morgan fingerprint density at radius 2 is 2.11 bits per heavy atom. The lowest BCUT2D eigenvalue weighted by Gasteiger charge is -2.08. The Hall–Kier alpha value is -1.60. The maximum atomic E-state index is 8.78. The van der Waals surface area contributed by atoms with E-state index in [2.05, 4.69) is 25.7 Å². The molecular weight excluding hydrogens is 256 g/mol. The molecule has 2 aromatic rings. The van der Waals surface area contributed by atoms with E-state index in [4.69, 9.17) is 5.11 Å². The predicted octanol–water partition coefficient (Wildman–Crippen LogP) is 0.621. The molecular formula is C10H17ClN6O. The second kappa shape index (κ2) is 6.36. The van der Waals surface area contributed by atoms with Crippen molar-refractivity contribution >= 4 is 35.2 Å². The van der Waals surface area contributed by atoms with E-state index < -0.39 is 0 Å². The Bertz CT molecular complexity index is 514. The third-order valence-electron chi connectivity index (χ3n) is 2.33. The van der Waals surface area contributed by atoms with Crippen molar-refractivity contribution in [2.24, 2.45) is 7.05 Å². The molecule has 0 aliphatic rings. The van der Waals surface area contributed by atoms with Crippen LogP contribution in [0.2, 0.25) is 0 Å². The predicted molar refractivity (Wildman–Crippen MR) is 73.3 cm³/mol. The molecule has 3 N–H and O–H groups in total. The summed E-state index contributed by atoms with van der Waals surface area (Å²) in [5, 5.41) is 19.9. The quantitative estimate of drug-likeness (QED) is 0.740. The summed E-state index contributed by atoms with van der Waals surface area (Å²) < 4.78 is 1.70. The van der Waals surface area contributed by atoms with Crippen LogP contribution in [-0.2, 0) is 7.05 Å². The van der Waals surface area contributed by atoms with Gasteiger partial charge in [-0.1, -0.05) is 0 Å². The lowest BCUT2D eigenvalue weighted by atomic mass is 10.4. The topological polar surface area (TPSA) is 87.9 Å². The van der Waals surface area contributed by atoms with Crippen molar-refractivity contribution in [1.29, 1.82) is 0 Å². The highest BCUT2D eigenvalue weighted by molar-refractivity contribution is 5.87. The van der Waals surface area contributed by atoms with E-state index in [0.29, 0.717) is 12.5 Å². The van der Waals surface area contributed by atoms with Crippen molar-refractivity contribution in [2.75, 3.05) is 30.3 Å². The van der Waals surface area contributed by atoms with Gasteiger partial charge in [-0.3, -0.25) is 4.68 Å². The molecule has 2 heterocycles. The molecule has 0 fully saturated rings. The second-order valence-corrected chi connectivity index (χ2v) is 3.58. The smallest absolute Gasteiger partial charge is 0.226 e. The number of nitrogens with zero attached hydrogens (tertiary/aromatic N) is 4. The third-order valence-corrected chi connectivity index (χ3v) is 2.33. The number of halogens is 1. The van der Waals surface area contributed by atoms with E-state index >= 15 is 0 Å². The Balaban J connectivity index is 0.00000162. The highest BCUT2D eigenvalue weighted by atomic mass is 35.5. The average molecular weight is 273 g/mol. The van der Waals surface area contributed by atoms with Gasteiger partial charge in [0.2, 0.25) is 5.95 Å². The molecule has 0 aliphatic heterocycles. The number of hydrogen-bond acceptors (Lipinski definition) is 6. The number of hydrogen-bond donors (Lipinski definition) is 3. The highest BCUT2D eigenvalue weighted by Gasteiger charge is 2.10. The van der Waals surface area contributed by atoms with Crippen LogP contribution in [0.15, 0.2) is 6.20 Å². The van der Waals surface area contributed by atoms with Gasteiger partial charge in [-0.2, -0.15) is 15.1 Å². The number of aliphatic hydroxyl groups excluding tert-OH is 1. The molecule has 0 amide bonds. The summed E-state index contributed by atoms with van der Waals surface area (Å²) in [5.74, 6) is 1.25. The minimum Gasteiger partial charge on any atom is -0.395 e. The summed E-state index contributed by atoms with van der Waals surface area (Å²) in [6, 6.07) is 0. The van der Waals surface area contributed by atoms with E-state index in [-0.39, 0.29) is 19.0 Å². The molecule has 8 heteroatoms. The first-order valence-electron chi connectivity index (χ1n) is 5.54. The van der Waals surface area contributed by atoms with Crippen molar-refractivity contribution in [1.82, 2.24) is 19.7 Å². The van der Waals surface area contributed by atoms with Gasteiger partial charge in [-0.15, -0.1) is 12.4 Å². The number of aliphatic hydroxyl groups is 1. The SMILES string of the molecule is CCNc1nc(NCCO)nc2c1cnn2C.Cl. The number of nitrogens with one attached hydrogen (secondary N) is 2. The molecule has 18 heavy (non-hydrogen) atoms. The fraction of sp³-hybridized carbons (Fsp3) is 0.500. The summed E-state index contributed by atoms with van der Waals surface area (Å²) in [7, 11) is 1.83. The zero-order chi connectivity index (χ0) is 12.3. The molecule has 0 aromatic carbocycles. The van der Waals surface area contributed by atoms with Gasteiger partial charge in [0.05, 0.1) is 18.2 Å². The maximum absolute atomic E-state index is 8.78. The first-order valence-corrected chi connectivity index (χ1v) is 5.54. The van der Waals surface area contributed by atoms with Gasteiger partial charge < -0.3 is 15.7 Å². The standard InChI is InChI=1S/C10H16N6O.ClH/c1-3-11-8-7-6-13-16(2)9(7)15-10(14-8)12-4-5-17;/h6,17H,3-5H2,1-2H3,(H2,11,12,14,15);1H. The number of aromatic nitrogens is 4. The summed E-state index contributed by atoms with van der Waals surface area (Å²) in [5.41, 5.74) is 0.761. The van der Waals surface area contributed by atoms with E-state index in [1.54, 1.807) is 10.9 Å². The van der Waals surface area contributed by atoms with Crippen molar-refractivity contribution in [3.63, 3.8) is 0 Å². The number of anilines is 2. The maximum Gasteiger partial charge on any atom is 0.226 e. The van der Waals surface area contributed by atoms with Gasteiger partial charge in [0.15, 0.2) is 5.65 Å². The van der Waals surface area contributed by atoms with Crippen LogP contribution in [0.3, 0.4) is 0 Å². The number of aryl methyl sites for hydroxylation is 1. The lowest BCUT2D eigenvalue weighted by molar-refractivity contribution is 0.311. The molecule has 2 rings (SSSR count). The Labute approximate surface area is 111 Å². The first kappa shape index (κ1) is 14.5. The van der Waals surface area contributed by atoms with Gasteiger partial charge >= 0.3 is 0 Å². The van der Waals surface area contributed by atoms with E-state index in [9.17, 15) is 0 Å². The molecule has 0 unspecified atom stereocenters. The summed E-state index contributed by atoms with van der Waals surface area (Å²) in [6.07, 6.45) is 1.74. The van der Waals surface area contributed by atoms with Gasteiger partial charge in [0, 0.05) is 20.1 Å². The molecule has 2 aromatic heterocycles. The zero-order valence-corrected chi connectivity index (χ0v) is 11.2. The minimum atomic E-state index is 0. The summed E-state index contributed by atoms with van der Waals surface area (Å²) >= 11 is 0.